The van der Waals surface area contributed by atoms with Gasteiger partial charge in [-0.15, -0.1) is 0 Å². The molecule has 10 rings (SSSR count). The molecule has 254 valence electrons. The Morgan fingerprint density at radius 2 is 0.889 bits per heavy atom. The van der Waals surface area contributed by atoms with E-state index in [9.17, 15) is 0 Å². The smallest absolute Gasteiger partial charge is 0.160 e. The Labute approximate surface area is 313 Å². The molecule has 0 fully saturated rings. The summed E-state index contributed by atoms with van der Waals surface area (Å²) in [7, 11) is 0. The zero-order valence-corrected chi connectivity index (χ0v) is 29.4. The molecule has 0 unspecified atom stereocenters. The second-order valence-corrected chi connectivity index (χ2v) is 13.5. The van der Waals surface area contributed by atoms with Crippen molar-refractivity contribution in [2.75, 3.05) is 4.90 Å². The fourth-order valence-electron chi connectivity index (χ4n) is 7.61. The Morgan fingerprint density at radius 3 is 1.59 bits per heavy atom. The largest absolute Gasteiger partial charge is 0.311 e. The third-order valence-electron chi connectivity index (χ3n) is 10.2. The minimum atomic E-state index is 0.719. The summed E-state index contributed by atoms with van der Waals surface area (Å²) < 4.78 is 2.38. The molecule has 0 spiro atoms. The van der Waals surface area contributed by atoms with Gasteiger partial charge in [0.1, 0.15) is 0 Å². The number of aromatic nitrogens is 3. The van der Waals surface area contributed by atoms with E-state index in [2.05, 4.69) is 198 Å². The van der Waals surface area contributed by atoms with Crippen LogP contribution in [0.25, 0.3) is 72.2 Å². The molecule has 54 heavy (non-hydrogen) atoms. The van der Waals surface area contributed by atoms with Gasteiger partial charge in [0.2, 0.25) is 0 Å². The fourth-order valence-corrected chi connectivity index (χ4v) is 7.61. The maximum atomic E-state index is 5.09. The van der Waals surface area contributed by atoms with Crippen molar-refractivity contribution in [2.24, 2.45) is 0 Å². The molecule has 4 heteroatoms. The van der Waals surface area contributed by atoms with Gasteiger partial charge in [0.25, 0.3) is 0 Å². The van der Waals surface area contributed by atoms with Gasteiger partial charge in [-0.25, -0.2) is 9.97 Å². The van der Waals surface area contributed by atoms with Gasteiger partial charge >= 0.3 is 0 Å². The number of nitrogens with zero attached hydrogens (tertiary/aromatic N) is 4. The van der Waals surface area contributed by atoms with Gasteiger partial charge in [-0.05, 0) is 77.9 Å². The van der Waals surface area contributed by atoms with Crippen LogP contribution in [-0.2, 0) is 0 Å². The van der Waals surface area contributed by atoms with E-state index in [4.69, 9.17) is 9.97 Å². The molecule has 2 aromatic heterocycles. The highest BCUT2D eigenvalue weighted by molar-refractivity contribution is 6.10. The number of hydrogen-bond donors (Lipinski definition) is 0. The molecule has 0 atom stereocenters. The summed E-state index contributed by atoms with van der Waals surface area (Å²) in [5.74, 6) is 0.719. The van der Waals surface area contributed by atoms with E-state index in [1.165, 1.54) is 21.8 Å². The average molecular weight is 691 g/mol. The molecule has 2 heterocycles. The number of benzene rings is 8. The zero-order valence-electron chi connectivity index (χ0n) is 29.4. The van der Waals surface area contributed by atoms with Crippen molar-refractivity contribution >= 4 is 49.8 Å². The highest BCUT2D eigenvalue weighted by Gasteiger charge is 2.16. The van der Waals surface area contributed by atoms with E-state index in [-0.39, 0.29) is 0 Å². The summed E-state index contributed by atoms with van der Waals surface area (Å²) in [6.45, 7) is 0. The van der Waals surface area contributed by atoms with E-state index in [0.717, 1.165) is 67.4 Å². The van der Waals surface area contributed by atoms with E-state index in [1.54, 1.807) is 0 Å². The van der Waals surface area contributed by atoms with Crippen molar-refractivity contribution in [1.82, 2.24) is 14.5 Å². The fraction of sp³-hybridized carbons (Fsp3) is 0. The standard InChI is InChI=1S/C50H34N4/c1-4-14-36(15-5-1)49-45-21-10-12-22-46(45)51-50(52-49)37-26-24-35(25-27-37)38-28-33-44-43-20-11-13-23-47(43)54(48(44)34-38)42-31-29-41(30-32-42)53(39-16-6-2-7-17-39)40-18-8-3-9-19-40/h1-34H. The molecule has 0 bridgehead atoms. The maximum absolute atomic E-state index is 5.09. The lowest BCUT2D eigenvalue weighted by molar-refractivity contribution is 1.17. The predicted octanol–water partition coefficient (Wildman–Crippen LogP) is 13.2. The van der Waals surface area contributed by atoms with Crippen LogP contribution in [0.3, 0.4) is 0 Å². The molecule has 0 amide bonds. The number of fused-ring (bicyclic) bond motifs is 4. The van der Waals surface area contributed by atoms with Crippen LogP contribution in [0.5, 0.6) is 0 Å². The Morgan fingerprint density at radius 1 is 0.352 bits per heavy atom. The van der Waals surface area contributed by atoms with Gasteiger partial charge in [0.15, 0.2) is 5.82 Å². The lowest BCUT2D eigenvalue weighted by atomic mass is 10.0. The Kier molecular flexibility index (Phi) is 7.77. The SMILES string of the molecule is c1ccc(-c2nc(-c3ccc(-c4ccc5c6ccccc6n(-c6ccc(N(c7ccccc7)c7ccccc7)cc6)c5c4)cc3)nc3ccccc23)cc1. The summed E-state index contributed by atoms with van der Waals surface area (Å²) in [6.07, 6.45) is 0. The van der Waals surface area contributed by atoms with Crippen molar-refractivity contribution in [2.45, 2.75) is 0 Å². The molecule has 0 aliphatic rings. The topological polar surface area (TPSA) is 34.0 Å². The van der Waals surface area contributed by atoms with Gasteiger partial charge in [0, 0.05) is 50.0 Å². The Balaban J connectivity index is 1.04. The van der Waals surface area contributed by atoms with Crippen molar-refractivity contribution < 1.29 is 0 Å². The van der Waals surface area contributed by atoms with Crippen LogP contribution in [0.4, 0.5) is 17.1 Å². The first-order valence-corrected chi connectivity index (χ1v) is 18.3. The van der Waals surface area contributed by atoms with Crippen LogP contribution in [-0.4, -0.2) is 14.5 Å². The highest BCUT2D eigenvalue weighted by Crippen LogP contribution is 2.38. The summed E-state index contributed by atoms with van der Waals surface area (Å²) in [4.78, 5) is 12.4. The van der Waals surface area contributed by atoms with Gasteiger partial charge in [-0.2, -0.15) is 0 Å². The summed E-state index contributed by atoms with van der Waals surface area (Å²) >= 11 is 0. The molecule has 0 radical (unpaired) electrons. The van der Waals surface area contributed by atoms with Gasteiger partial charge in [0.05, 0.1) is 22.2 Å². The summed E-state index contributed by atoms with van der Waals surface area (Å²) in [5.41, 5.74) is 13.0. The summed E-state index contributed by atoms with van der Waals surface area (Å²) in [5, 5.41) is 3.51. The van der Waals surface area contributed by atoms with Crippen LogP contribution in [0.2, 0.25) is 0 Å². The maximum Gasteiger partial charge on any atom is 0.160 e. The zero-order chi connectivity index (χ0) is 35.8. The number of para-hydroxylation sites is 4. The molecule has 8 aromatic carbocycles. The minimum Gasteiger partial charge on any atom is -0.311 e. The van der Waals surface area contributed by atoms with Crippen molar-refractivity contribution in [3.8, 4) is 39.5 Å². The van der Waals surface area contributed by atoms with E-state index >= 15 is 0 Å². The number of rotatable bonds is 7. The first-order chi connectivity index (χ1) is 26.8. The first-order valence-electron chi connectivity index (χ1n) is 18.3. The van der Waals surface area contributed by atoms with Gasteiger partial charge in [-0.3, -0.25) is 0 Å². The molecule has 0 aliphatic heterocycles. The Bertz CT molecular complexity index is 2860. The lowest BCUT2D eigenvalue weighted by Crippen LogP contribution is -2.09. The van der Waals surface area contributed by atoms with Crippen LogP contribution in [0.1, 0.15) is 0 Å². The molecule has 10 aromatic rings. The molecule has 0 saturated heterocycles. The molecule has 4 nitrogen and oxygen atoms in total. The second-order valence-electron chi connectivity index (χ2n) is 13.5. The second kappa shape index (κ2) is 13.4. The van der Waals surface area contributed by atoms with Crippen LogP contribution < -0.4 is 4.90 Å². The highest BCUT2D eigenvalue weighted by atomic mass is 15.1. The number of hydrogen-bond acceptors (Lipinski definition) is 3. The molecule has 0 saturated carbocycles. The van der Waals surface area contributed by atoms with Crippen LogP contribution in [0.15, 0.2) is 206 Å². The van der Waals surface area contributed by atoms with E-state index in [1.807, 2.05) is 18.2 Å². The van der Waals surface area contributed by atoms with Crippen molar-refractivity contribution in [1.29, 1.82) is 0 Å². The van der Waals surface area contributed by atoms with E-state index < -0.39 is 0 Å². The monoisotopic (exact) mass is 690 g/mol. The third kappa shape index (κ3) is 5.58. The Hall–Kier alpha value is -7.30. The third-order valence-corrected chi connectivity index (χ3v) is 10.2. The first kappa shape index (κ1) is 31.4. The molecular formula is C50H34N4. The lowest BCUT2D eigenvalue weighted by Gasteiger charge is -2.25. The van der Waals surface area contributed by atoms with Crippen molar-refractivity contribution in [3.63, 3.8) is 0 Å². The predicted molar refractivity (Wildman–Crippen MR) is 225 cm³/mol. The van der Waals surface area contributed by atoms with E-state index in [0.29, 0.717) is 0 Å². The van der Waals surface area contributed by atoms with Crippen LogP contribution >= 0.6 is 0 Å². The van der Waals surface area contributed by atoms with Gasteiger partial charge < -0.3 is 9.47 Å². The van der Waals surface area contributed by atoms with Gasteiger partial charge in [-0.1, -0.05) is 140 Å². The van der Waals surface area contributed by atoms with Crippen molar-refractivity contribution in [3.05, 3.63) is 206 Å². The van der Waals surface area contributed by atoms with Crippen LogP contribution in [0, 0.1) is 0 Å². The molecular weight excluding hydrogens is 657 g/mol. The minimum absolute atomic E-state index is 0.719. The number of anilines is 3. The molecule has 0 N–H and O–H groups in total. The normalized spacial score (nSPS) is 11.3. The quantitative estimate of drug-likeness (QED) is 0.167. The molecule has 0 aliphatic carbocycles. The average Bonchev–Trinajstić information content (AvgIpc) is 3.58. The summed E-state index contributed by atoms with van der Waals surface area (Å²) in [6, 6.07) is 72.7.